The van der Waals surface area contributed by atoms with Gasteiger partial charge in [-0.15, -0.1) is 0 Å². The average molecular weight is 335 g/mol. The van der Waals surface area contributed by atoms with Crippen LogP contribution in [0.1, 0.15) is 19.3 Å². The summed E-state index contributed by atoms with van der Waals surface area (Å²) >= 11 is 5.81. The van der Waals surface area contributed by atoms with Gasteiger partial charge in [0.15, 0.2) is 0 Å². The van der Waals surface area contributed by atoms with Gasteiger partial charge in [0.25, 0.3) is 5.69 Å². The van der Waals surface area contributed by atoms with Crippen LogP contribution in [0.4, 0.5) is 5.69 Å². The SMILES string of the molecule is O=[N+]([O-])c1ccc(S(=O)(=O)NCC2CCC(O)C2)c(Cl)c1. The Bertz CT molecular complexity index is 649. The summed E-state index contributed by atoms with van der Waals surface area (Å²) in [5, 5.41) is 19.8. The van der Waals surface area contributed by atoms with Gasteiger partial charge in [0.2, 0.25) is 10.0 Å². The Hall–Kier alpha value is -1.22. The summed E-state index contributed by atoms with van der Waals surface area (Å²) in [4.78, 5) is 9.77. The van der Waals surface area contributed by atoms with Crippen molar-refractivity contribution in [2.24, 2.45) is 5.92 Å². The molecule has 2 rings (SSSR count). The van der Waals surface area contributed by atoms with Crippen molar-refractivity contribution in [3.63, 3.8) is 0 Å². The van der Waals surface area contributed by atoms with Crippen molar-refractivity contribution < 1.29 is 18.4 Å². The number of aliphatic hydroxyl groups excluding tert-OH is 1. The van der Waals surface area contributed by atoms with Gasteiger partial charge in [-0.3, -0.25) is 10.1 Å². The van der Waals surface area contributed by atoms with E-state index in [9.17, 15) is 23.6 Å². The van der Waals surface area contributed by atoms with Crippen LogP contribution >= 0.6 is 11.6 Å². The molecule has 7 nitrogen and oxygen atoms in total. The van der Waals surface area contributed by atoms with E-state index in [1.807, 2.05) is 0 Å². The monoisotopic (exact) mass is 334 g/mol. The maximum atomic E-state index is 12.1. The van der Waals surface area contributed by atoms with Crippen LogP contribution in [0.25, 0.3) is 0 Å². The van der Waals surface area contributed by atoms with Crippen molar-refractivity contribution >= 4 is 27.3 Å². The number of nitro groups is 1. The van der Waals surface area contributed by atoms with E-state index in [1.165, 1.54) is 0 Å². The van der Waals surface area contributed by atoms with E-state index >= 15 is 0 Å². The van der Waals surface area contributed by atoms with Crippen LogP contribution < -0.4 is 4.72 Å². The molecule has 1 aliphatic rings. The first-order valence-electron chi connectivity index (χ1n) is 6.41. The zero-order chi connectivity index (χ0) is 15.6. The van der Waals surface area contributed by atoms with Gasteiger partial charge in [-0.25, -0.2) is 13.1 Å². The zero-order valence-electron chi connectivity index (χ0n) is 11.0. The maximum Gasteiger partial charge on any atom is 0.271 e. The number of non-ortho nitro benzene ring substituents is 1. The number of benzene rings is 1. The van der Waals surface area contributed by atoms with E-state index in [4.69, 9.17) is 11.6 Å². The molecule has 2 N–H and O–H groups in total. The molecule has 0 saturated heterocycles. The third-order valence-electron chi connectivity index (χ3n) is 3.49. The summed E-state index contributed by atoms with van der Waals surface area (Å²) in [5.74, 6) is 0.0894. The number of aliphatic hydroxyl groups is 1. The molecule has 116 valence electrons. The van der Waals surface area contributed by atoms with Crippen molar-refractivity contribution in [1.82, 2.24) is 4.72 Å². The van der Waals surface area contributed by atoms with E-state index in [2.05, 4.69) is 4.72 Å². The first-order valence-corrected chi connectivity index (χ1v) is 8.27. The van der Waals surface area contributed by atoms with Crippen molar-refractivity contribution in [1.29, 1.82) is 0 Å². The highest BCUT2D eigenvalue weighted by molar-refractivity contribution is 7.89. The zero-order valence-corrected chi connectivity index (χ0v) is 12.6. The highest BCUT2D eigenvalue weighted by Gasteiger charge is 2.26. The van der Waals surface area contributed by atoms with Gasteiger partial charge in [0.1, 0.15) is 4.90 Å². The van der Waals surface area contributed by atoms with E-state index in [0.29, 0.717) is 12.8 Å². The molecule has 9 heteroatoms. The molecule has 0 heterocycles. The van der Waals surface area contributed by atoms with Crippen molar-refractivity contribution in [2.75, 3.05) is 6.54 Å². The number of halogens is 1. The van der Waals surface area contributed by atoms with E-state index in [1.54, 1.807) is 0 Å². The maximum absolute atomic E-state index is 12.1. The molecule has 0 amide bonds. The van der Waals surface area contributed by atoms with Crippen LogP contribution in [0.3, 0.4) is 0 Å². The molecule has 0 spiro atoms. The predicted molar refractivity (Wildman–Crippen MR) is 76.6 cm³/mol. The van der Waals surface area contributed by atoms with Gasteiger partial charge in [0, 0.05) is 18.7 Å². The van der Waals surface area contributed by atoms with Gasteiger partial charge in [-0.2, -0.15) is 0 Å². The Morgan fingerprint density at radius 1 is 1.43 bits per heavy atom. The second kappa shape index (κ2) is 6.27. The molecule has 2 unspecified atom stereocenters. The topological polar surface area (TPSA) is 110 Å². The summed E-state index contributed by atoms with van der Waals surface area (Å²) in [7, 11) is -3.82. The summed E-state index contributed by atoms with van der Waals surface area (Å²) in [6, 6.07) is 3.22. The quantitative estimate of drug-likeness (QED) is 0.629. The molecular formula is C12H15ClN2O5S. The minimum absolute atomic E-state index is 0.0894. The molecule has 21 heavy (non-hydrogen) atoms. The number of nitrogens with zero attached hydrogens (tertiary/aromatic N) is 1. The third kappa shape index (κ3) is 3.91. The minimum Gasteiger partial charge on any atom is -0.393 e. The highest BCUT2D eigenvalue weighted by atomic mass is 35.5. The number of nitro benzene ring substituents is 1. The number of rotatable bonds is 5. The summed E-state index contributed by atoms with van der Waals surface area (Å²) in [6.45, 7) is 0.215. The van der Waals surface area contributed by atoms with Gasteiger partial charge in [-0.05, 0) is 31.2 Å². The normalized spacial score (nSPS) is 22.4. The number of sulfonamides is 1. The average Bonchev–Trinajstić information content (AvgIpc) is 2.82. The summed E-state index contributed by atoms with van der Waals surface area (Å²) < 4.78 is 26.7. The fourth-order valence-corrected chi connectivity index (χ4v) is 4.01. The summed E-state index contributed by atoms with van der Waals surface area (Å²) in [6.07, 6.45) is 1.63. The molecule has 1 aromatic rings. The van der Waals surface area contributed by atoms with E-state index in [-0.39, 0.29) is 34.2 Å². The van der Waals surface area contributed by atoms with Crippen LogP contribution in [0, 0.1) is 16.0 Å². The molecule has 0 bridgehead atoms. The molecule has 1 aromatic carbocycles. The molecule has 1 saturated carbocycles. The molecule has 0 aromatic heterocycles. The Morgan fingerprint density at radius 2 is 2.14 bits per heavy atom. The molecular weight excluding hydrogens is 320 g/mol. The van der Waals surface area contributed by atoms with Gasteiger partial charge in [-0.1, -0.05) is 11.6 Å². The van der Waals surface area contributed by atoms with Crippen LogP contribution in [0.15, 0.2) is 23.1 Å². The lowest BCUT2D eigenvalue weighted by Gasteiger charge is -2.12. The number of nitrogens with one attached hydrogen (secondary N) is 1. The highest BCUT2D eigenvalue weighted by Crippen LogP contribution is 2.28. The lowest BCUT2D eigenvalue weighted by molar-refractivity contribution is -0.384. The first kappa shape index (κ1) is 16.2. The number of hydrogen-bond donors (Lipinski definition) is 2. The summed E-state index contributed by atoms with van der Waals surface area (Å²) in [5.41, 5.74) is -0.266. The lowest BCUT2D eigenvalue weighted by Crippen LogP contribution is -2.29. The standard InChI is InChI=1S/C12H15ClN2O5S/c13-11-6-9(15(17)18)2-4-12(11)21(19,20)14-7-8-1-3-10(16)5-8/h2,4,6,8,10,14,16H,1,3,5,7H2. The Labute approximate surface area is 127 Å². The van der Waals surface area contributed by atoms with Gasteiger partial charge < -0.3 is 5.11 Å². The van der Waals surface area contributed by atoms with Crippen LogP contribution in [-0.2, 0) is 10.0 Å². The smallest absolute Gasteiger partial charge is 0.271 e. The van der Waals surface area contributed by atoms with Crippen molar-refractivity contribution in [3.8, 4) is 0 Å². The predicted octanol–water partition coefficient (Wildman–Crippen LogP) is 1.69. The van der Waals surface area contributed by atoms with E-state index < -0.39 is 14.9 Å². The second-order valence-electron chi connectivity index (χ2n) is 5.06. The minimum atomic E-state index is -3.82. The fraction of sp³-hybridized carbons (Fsp3) is 0.500. The van der Waals surface area contributed by atoms with Gasteiger partial charge >= 0.3 is 0 Å². The van der Waals surface area contributed by atoms with Gasteiger partial charge in [0.05, 0.1) is 16.0 Å². The Morgan fingerprint density at radius 3 is 2.67 bits per heavy atom. The molecule has 0 radical (unpaired) electrons. The lowest BCUT2D eigenvalue weighted by atomic mass is 10.1. The molecule has 1 aliphatic carbocycles. The largest absolute Gasteiger partial charge is 0.393 e. The Balaban J connectivity index is 2.10. The Kier molecular flexibility index (Phi) is 4.82. The van der Waals surface area contributed by atoms with E-state index in [0.717, 1.165) is 24.6 Å². The first-order chi connectivity index (χ1) is 9.79. The number of hydrogen-bond acceptors (Lipinski definition) is 5. The fourth-order valence-electron chi connectivity index (χ4n) is 2.36. The molecule has 0 aliphatic heterocycles. The second-order valence-corrected chi connectivity index (χ2v) is 7.20. The van der Waals surface area contributed by atoms with Crippen LogP contribution in [0.2, 0.25) is 5.02 Å². The van der Waals surface area contributed by atoms with Crippen molar-refractivity contribution in [3.05, 3.63) is 33.3 Å². The van der Waals surface area contributed by atoms with Crippen LogP contribution in [0.5, 0.6) is 0 Å². The third-order valence-corrected chi connectivity index (χ3v) is 5.40. The van der Waals surface area contributed by atoms with Crippen LogP contribution in [-0.4, -0.2) is 31.1 Å². The molecule has 2 atom stereocenters. The van der Waals surface area contributed by atoms with Crippen molar-refractivity contribution in [2.45, 2.75) is 30.3 Å². The molecule has 1 fully saturated rings.